The first-order valence-corrected chi connectivity index (χ1v) is 10.1. The quantitative estimate of drug-likeness (QED) is 0.562. The van der Waals surface area contributed by atoms with Gasteiger partial charge in [0.25, 0.3) is 5.91 Å². The molecule has 1 heterocycles. The second-order valence-electron chi connectivity index (χ2n) is 7.14. The molecule has 178 valence electrons. The average Bonchev–Trinajstić information content (AvgIpc) is 2.74. The van der Waals surface area contributed by atoms with E-state index in [0.717, 1.165) is 17.0 Å². The van der Waals surface area contributed by atoms with Crippen LogP contribution in [0.2, 0.25) is 5.02 Å². The fourth-order valence-electron chi connectivity index (χ4n) is 2.97. The van der Waals surface area contributed by atoms with Gasteiger partial charge in [0.15, 0.2) is 5.69 Å². The third-order valence-electron chi connectivity index (χ3n) is 4.49. The predicted molar refractivity (Wildman–Crippen MR) is 118 cm³/mol. The van der Waals surface area contributed by atoms with E-state index in [2.05, 4.69) is 15.2 Å². The highest BCUT2D eigenvalue weighted by Crippen LogP contribution is 2.24. The van der Waals surface area contributed by atoms with Crippen LogP contribution in [-0.2, 0) is 4.79 Å². The van der Waals surface area contributed by atoms with Gasteiger partial charge in [0.1, 0.15) is 5.75 Å². The van der Waals surface area contributed by atoms with E-state index < -0.39 is 41.6 Å². The van der Waals surface area contributed by atoms with Gasteiger partial charge in [0.2, 0.25) is 11.3 Å². The van der Waals surface area contributed by atoms with Crippen molar-refractivity contribution in [2.45, 2.75) is 13.3 Å². The van der Waals surface area contributed by atoms with Crippen LogP contribution >= 0.6 is 11.6 Å². The highest BCUT2D eigenvalue weighted by Gasteiger charge is 2.31. The second-order valence-corrected chi connectivity index (χ2v) is 7.55. The number of anilines is 1. The molecule has 3 aromatic rings. The molecule has 0 fully saturated rings. The summed E-state index contributed by atoms with van der Waals surface area (Å²) in [5.74, 6) is -1.88. The molecule has 34 heavy (non-hydrogen) atoms. The number of halogens is 4. The van der Waals surface area contributed by atoms with Gasteiger partial charge in [-0.05, 0) is 43.3 Å². The lowest BCUT2D eigenvalue weighted by atomic mass is 10.2. The number of ether oxygens (including phenoxy) is 1. The van der Waals surface area contributed by atoms with Crippen molar-refractivity contribution in [3.8, 4) is 11.4 Å². The molecule has 0 bridgehead atoms. The van der Waals surface area contributed by atoms with Gasteiger partial charge in [-0.15, -0.1) is 13.2 Å². The first kappa shape index (κ1) is 24.8. The predicted octanol–water partition coefficient (Wildman–Crippen LogP) is 3.80. The van der Waals surface area contributed by atoms with E-state index in [1.807, 2.05) is 0 Å². The number of aryl methyl sites for hydroxylation is 1. The minimum Gasteiger partial charge on any atom is -0.406 e. The first-order valence-electron chi connectivity index (χ1n) is 9.71. The topological polar surface area (TPSA) is 93.5 Å². The van der Waals surface area contributed by atoms with Crippen LogP contribution in [0.15, 0.2) is 59.4 Å². The maximum absolute atomic E-state index is 12.8. The Labute approximate surface area is 196 Å². The Balaban J connectivity index is 1.72. The van der Waals surface area contributed by atoms with E-state index in [1.54, 1.807) is 31.2 Å². The molecule has 0 spiro atoms. The molecule has 0 saturated carbocycles. The maximum atomic E-state index is 12.8. The molecule has 0 aliphatic carbocycles. The average molecular weight is 495 g/mol. The standard InChI is InChI=1S/C22H18ClF3N4O4/c1-13-11-18(31)20(28-30(13)17-6-4-3-5-16(17)23)21(33)29(2)12-19(32)27-14-7-9-15(10-8-14)34-22(24,25)26/h3-11H,12H2,1-2H3,(H,27,32). The SMILES string of the molecule is Cc1cc(=O)c(C(=O)N(C)CC(=O)Nc2ccc(OC(F)(F)F)cc2)nn1-c1ccccc1Cl. The zero-order valence-corrected chi connectivity index (χ0v) is 18.6. The number of nitrogens with zero attached hydrogens (tertiary/aromatic N) is 3. The summed E-state index contributed by atoms with van der Waals surface area (Å²) < 4.78 is 41.8. The second kappa shape index (κ2) is 9.96. The molecule has 0 aliphatic heterocycles. The number of nitrogens with one attached hydrogen (secondary N) is 1. The number of alkyl halides is 3. The molecule has 1 N–H and O–H groups in total. The van der Waals surface area contributed by atoms with E-state index >= 15 is 0 Å². The summed E-state index contributed by atoms with van der Waals surface area (Å²) in [5.41, 5.74) is 0.0738. The zero-order chi connectivity index (χ0) is 25.0. The van der Waals surface area contributed by atoms with E-state index in [1.165, 1.54) is 29.9 Å². The summed E-state index contributed by atoms with van der Waals surface area (Å²) in [4.78, 5) is 38.5. The number of carbonyl (C=O) groups excluding carboxylic acids is 2. The van der Waals surface area contributed by atoms with Crippen molar-refractivity contribution < 1.29 is 27.5 Å². The highest BCUT2D eigenvalue weighted by atomic mass is 35.5. The summed E-state index contributed by atoms with van der Waals surface area (Å²) in [6.45, 7) is 1.19. The largest absolute Gasteiger partial charge is 0.573 e. The van der Waals surface area contributed by atoms with Crippen molar-refractivity contribution in [1.29, 1.82) is 0 Å². The van der Waals surface area contributed by atoms with Crippen LogP contribution in [0.3, 0.4) is 0 Å². The third kappa shape index (κ3) is 6.13. The molecule has 1 aromatic heterocycles. The number of hydrogen-bond acceptors (Lipinski definition) is 5. The summed E-state index contributed by atoms with van der Waals surface area (Å²) >= 11 is 6.20. The molecule has 0 unspecified atom stereocenters. The summed E-state index contributed by atoms with van der Waals surface area (Å²) in [6, 6.07) is 12.5. The fraction of sp³-hybridized carbons (Fsp3) is 0.182. The highest BCUT2D eigenvalue weighted by molar-refractivity contribution is 6.32. The Morgan fingerprint density at radius 2 is 1.79 bits per heavy atom. The van der Waals surface area contributed by atoms with Gasteiger partial charge in [-0.3, -0.25) is 14.4 Å². The summed E-state index contributed by atoms with van der Waals surface area (Å²) in [5, 5.41) is 6.95. The molecular weight excluding hydrogens is 477 g/mol. The van der Waals surface area contributed by atoms with Gasteiger partial charge in [-0.2, -0.15) is 5.10 Å². The van der Waals surface area contributed by atoms with Gasteiger partial charge >= 0.3 is 6.36 Å². The molecule has 0 radical (unpaired) electrons. The van der Waals surface area contributed by atoms with Crippen molar-refractivity contribution in [2.75, 3.05) is 18.9 Å². The first-order chi connectivity index (χ1) is 15.9. The molecule has 2 amide bonds. The van der Waals surface area contributed by atoms with E-state index in [9.17, 15) is 27.6 Å². The van der Waals surface area contributed by atoms with Gasteiger partial charge in [-0.25, -0.2) is 4.68 Å². The normalized spacial score (nSPS) is 11.1. The number of benzene rings is 2. The van der Waals surface area contributed by atoms with Crippen LogP contribution < -0.4 is 15.5 Å². The summed E-state index contributed by atoms with van der Waals surface area (Å²) in [7, 11) is 1.31. The Morgan fingerprint density at radius 3 is 2.41 bits per heavy atom. The number of aromatic nitrogens is 2. The van der Waals surface area contributed by atoms with Crippen LogP contribution in [0.4, 0.5) is 18.9 Å². The minimum absolute atomic E-state index is 0.190. The van der Waals surface area contributed by atoms with Gasteiger partial charge in [0.05, 0.1) is 17.3 Å². The molecule has 0 aliphatic rings. The number of hydrogen-bond donors (Lipinski definition) is 1. The van der Waals surface area contributed by atoms with Crippen molar-refractivity contribution in [2.24, 2.45) is 0 Å². The lowest BCUT2D eigenvalue weighted by Crippen LogP contribution is -2.38. The number of para-hydroxylation sites is 1. The van der Waals surface area contributed by atoms with Gasteiger partial charge in [0, 0.05) is 24.5 Å². The van der Waals surface area contributed by atoms with Crippen molar-refractivity contribution in [3.63, 3.8) is 0 Å². The molecular formula is C22H18ClF3N4O4. The van der Waals surface area contributed by atoms with Crippen molar-refractivity contribution in [1.82, 2.24) is 14.7 Å². The number of likely N-dealkylation sites (N-methyl/N-ethyl adjacent to an activating group) is 1. The molecule has 0 saturated heterocycles. The Morgan fingerprint density at radius 1 is 1.15 bits per heavy atom. The van der Waals surface area contributed by atoms with Gasteiger partial charge in [-0.1, -0.05) is 23.7 Å². The fourth-order valence-corrected chi connectivity index (χ4v) is 3.19. The van der Waals surface area contributed by atoms with Crippen LogP contribution in [-0.4, -0.2) is 46.4 Å². The molecule has 12 heteroatoms. The van der Waals surface area contributed by atoms with E-state index in [4.69, 9.17) is 11.6 Å². The smallest absolute Gasteiger partial charge is 0.406 e. The monoisotopic (exact) mass is 494 g/mol. The van der Waals surface area contributed by atoms with Crippen molar-refractivity contribution in [3.05, 3.63) is 81.2 Å². The van der Waals surface area contributed by atoms with Crippen LogP contribution in [0.25, 0.3) is 5.69 Å². The van der Waals surface area contributed by atoms with Crippen molar-refractivity contribution >= 4 is 29.1 Å². The summed E-state index contributed by atoms with van der Waals surface area (Å²) in [6.07, 6.45) is -4.83. The number of amides is 2. The van der Waals surface area contributed by atoms with Gasteiger partial charge < -0.3 is 15.0 Å². The van der Waals surface area contributed by atoms with E-state index in [0.29, 0.717) is 16.4 Å². The molecule has 0 atom stereocenters. The van der Waals surface area contributed by atoms with Crippen LogP contribution in [0, 0.1) is 6.92 Å². The third-order valence-corrected chi connectivity index (χ3v) is 4.81. The lowest BCUT2D eigenvalue weighted by Gasteiger charge is -2.18. The Bertz CT molecular complexity index is 1280. The Kier molecular flexibility index (Phi) is 7.26. The van der Waals surface area contributed by atoms with E-state index in [-0.39, 0.29) is 5.69 Å². The van der Waals surface area contributed by atoms with Crippen LogP contribution in [0.5, 0.6) is 5.75 Å². The minimum atomic E-state index is -4.83. The number of carbonyl (C=O) groups is 2. The zero-order valence-electron chi connectivity index (χ0n) is 17.9. The van der Waals surface area contributed by atoms with Crippen LogP contribution in [0.1, 0.15) is 16.2 Å². The molecule has 3 rings (SSSR count). The maximum Gasteiger partial charge on any atom is 0.573 e. The number of rotatable bonds is 6. The Hall–Kier alpha value is -3.86. The lowest BCUT2D eigenvalue weighted by molar-refractivity contribution is -0.274. The molecule has 8 nitrogen and oxygen atoms in total. The molecule has 2 aromatic carbocycles.